The van der Waals surface area contributed by atoms with E-state index in [4.69, 9.17) is 5.73 Å². The van der Waals surface area contributed by atoms with Gasteiger partial charge >= 0.3 is 0 Å². The Morgan fingerprint density at radius 1 is 0.788 bits per heavy atom. The number of rotatable bonds is 3. The van der Waals surface area contributed by atoms with Gasteiger partial charge in [0.1, 0.15) is 0 Å². The number of aromatic amines is 1. The SMILES string of the molecule is Nc1n[nH]c2cc(-c3ccc(C(=O)N4CCN(C(=O)c5ccc(Br)cc5)CC4)cc3)ccc12. The summed E-state index contributed by atoms with van der Waals surface area (Å²) in [5.41, 5.74) is 10.0. The lowest BCUT2D eigenvalue weighted by molar-refractivity contribution is 0.0535. The van der Waals surface area contributed by atoms with Gasteiger partial charge in [0.05, 0.1) is 5.52 Å². The summed E-state index contributed by atoms with van der Waals surface area (Å²) in [6.45, 7) is 2.07. The lowest BCUT2D eigenvalue weighted by Crippen LogP contribution is -2.50. The highest BCUT2D eigenvalue weighted by molar-refractivity contribution is 9.10. The van der Waals surface area contributed by atoms with E-state index >= 15 is 0 Å². The van der Waals surface area contributed by atoms with Gasteiger partial charge in [0, 0.05) is 47.2 Å². The second-order valence-electron chi connectivity index (χ2n) is 8.04. The van der Waals surface area contributed by atoms with Crippen molar-refractivity contribution in [1.82, 2.24) is 20.0 Å². The van der Waals surface area contributed by atoms with E-state index in [1.165, 1.54) is 0 Å². The minimum Gasteiger partial charge on any atom is -0.382 e. The van der Waals surface area contributed by atoms with Gasteiger partial charge in [-0.1, -0.05) is 34.1 Å². The van der Waals surface area contributed by atoms with Crippen LogP contribution in [0.5, 0.6) is 0 Å². The van der Waals surface area contributed by atoms with E-state index in [2.05, 4.69) is 26.1 Å². The summed E-state index contributed by atoms with van der Waals surface area (Å²) in [6.07, 6.45) is 0. The average Bonchev–Trinajstić information content (AvgIpc) is 3.24. The number of H-pyrrole nitrogens is 1. The van der Waals surface area contributed by atoms with E-state index < -0.39 is 0 Å². The van der Waals surface area contributed by atoms with Crippen LogP contribution in [0.4, 0.5) is 5.82 Å². The van der Waals surface area contributed by atoms with E-state index in [9.17, 15) is 9.59 Å². The summed E-state index contributed by atoms with van der Waals surface area (Å²) in [4.78, 5) is 29.3. The molecular formula is C25H22BrN5O2. The molecule has 33 heavy (non-hydrogen) atoms. The van der Waals surface area contributed by atoms with Crippen molar-refractivity contribution in [2.45, 2.75) is 0 Å². The molecule has 3 aromatic carbocycles. The Balaban J connectivity index is 1.23. The lowest BCUT2D eigenvalue weighted by Gasteiger charge is -2.35. The second-order valence-corrected chi connectivity index (χ2v) is 8.95. The van der Waals surface area contributed by atoms with Gasteiger partial charge in [-0.3, -0.25) is 14.7 Å². The number of hydrogen-bond acceptors (Lipinski definition) is 4. The first-order valence-electron chi connectivity index (χ1n) is 10.7. The Kier molecular flexibility index (Phi) is 5.60. The highest BCUT2D eigenvalue weighted by Gasteiger charge is 2.25. The minimum atomic E-state index is -0.0194. The first-order chi connectivity index (χ1) is 16.0. The normalized spacial score (nSPS) is 14.0. The van der Waals surface area contributed by atoms with Crippen molar-refractivity contribution >= 4 is 44.5 Å². The Labute approximate surface area is 199 Å². The molecule has 2 amide bonds. The molecule has 4 aromatic rings. The maximum absolute atomic E-state index is 13.0. The predicted octanol–water partition coefficient (Wildman–Crippen LogP) is 4.17. The van der Waals surface area contributed by atoms with E-state index in [0.717, 1.165) is 26.5 Å². The lowest BCUT2D eigenvalue weighted by atomic mass is 10.0. The average molecular weight is 504 g/mol. The fourth-order valence-corrected chi connectivity index (χ4v) is 4.36. The quantitative estimate of drug-likeness (QED) is 0.438. The number of piperazine rings is 1. The minimum absolute atomic E-state index is 0.00468. The van der Waals surface area contributed by atoms with Crippen molar-refractivity contribution in [2.75, 3.05) is 31.9 Å². The first-order valence-corrected chi connectivity index (χ1v) is 11.5. The molecule has 1 aromatic heterocycles. The number of nitrogen functional groups attached to an aromatic ring is 1. The molecule has 5 rings (SSSR count). The van der Waals surface area contributed by atoms with Crippen molar-refractivity contribution in [1.29, 1.82) is 0 Å². The van der Waals surface area contributed by atoms with Crippen LogP contribution in [0.1, 0.15) is 20.7 Å². The number of hydrogen-bond donors (Lipinski definition) is 2. The van der Waals surface area contributed by atoms with Crippen LogP contribution in [-0.2, 0) is 0 Å². The molecule has 2 heterocycles. The fourth-order valence-electron chi connectivity index (χ4n) is 4.10. The molecule has 0 bridgehead atoms. The first kappa shape index (κ1) is 21.2. The molecule has 8 heteroatoms. The number of halogens is 1. The number of carbonyl (C=O) groups is 2. The number of nitrogens with two attached hydrogens (primary N) is 1. The van der Waals surface area contributed by atoms with Crippen LogP contribution in [0.2, 0.25) is 0 Å². The molecule has 1 saturated heterocycles. The number of anilines is 1. The Morgan fingerprint density at radius 3 is 1.88 bits per heavy atom. The largest absolute Gasteiger partial charge is 0.382 e. The maximum Gasteiger partial charge on any atom is 0.253 e. The maximum atomic E-state index is 13.0. The number of amides is 2. The van der Waals surface area contributed by atoms with E-state index in [1.807, 2.05) is 66.7 Å². The van der Waals surface area contributed by atoms with Gasteiger partial charge in [0.2, 0.25) is 0 Å². The zero-order chi connectivity index (χ0) is 22.9. The second kappa shape index (κ2) is 8.71. The number of nitrogens with one attached hydrogen (secondary N) is 1. The standard InChI is InChI=1S/C25H22BrN5O2/c26-20-8-5-18(6-9-20)25(33)31-13-11-30(12-14-31)24(32)17-3-1-16(2-4-17)19-7-10-21-22(15-19)28-29-23(21)27/h1-10,15H,11-14H2,(H3,27,28,29). The molecule has 0 atom stereocenters. The van der Waals surface area contributed by atoms with E-state index in [-0.39, 0.29) is 11.8 Å². The third-order valence-electron chi connectivity index (χ3n) is 6.00. The molecule has 166 valence electrons. The number of carbonyl (C=O) groups excluding carboxylic acids is 2. The summed E-state index contributed by atoms with van der Waals surface area (Å²) in [6, 6.07) is 20.9. The molecular weight excluding hydrogens is 482 g/mol. The zero-order valence-electron chi connectivity index (χ0n) is 17.8. The fraction of sp³-hybridized carbons (Fsp3) is 0.160. The van der Waals surface area contributed by atoms with Gasteiger partial charge in [-0.2, -0.15) is 5.10 Å². The molecule has 7 nitrogen and oxygen atoms in total. The smallest absolute Gasteiger partial charge is 0.253 e. The Morgan fingerprint density at radius 2 is 1.30 bits per heavy atom. The molecule has 3 N–H and O–H groups in total. The topological polar surface area (TPSA) is 95.3 Å². The van der Waals surface area contributed by atoms with Crippen molar-refractivity contribution in [3.05, 3.63) is 82.3 Å². The van der Waals surface area contributed by atoms with Gasteiger partial charge in [-0.25, -0.2) is 0 Å². The van der Waals surface area contributed by atoms with Gasteiger partial charge < -0.3 is 15.5 Å². The number of nitrogens with zero attached hydrogens (tertiary/aromatic N) is 3. The van der Waals surface area contributed by atoms with Crippen molar-refractivity contribution in [3.63, 3.8) is 0 Å². The zero-order valence-corrected chi connectivity index (χ0v) is 19.4. The summed E-state index contributed by atoms with van der Waals surface area (Å²) in [5.74, 6) is 0.458. The molecule has 0 unspecified atom stereocenters. The summed E-state index contributed by atoms with van der Waals surface area (Å²) >= 11 is 3.39. The van der Waals surface area contributed by atoms with Crippen LogP contribution in [0.3, 0.4) is 0 Å². The number of aromatic nitrogens is 2. The van der Waals surface area contributed by atoms with Crippen molar-refractivity contribution in [3.8, 4) is 11.1 Å². The van der Waals surface area contributed by atoms with Crippen LogP contribution in [0, 0.1) is 0 Å². The highest BCUT2D eigenvalue weighted by atomic mass is 79.9. The third kappa shape index (κ3) is 4.21. The van der Waals surface area contributed by atoms with Crippen LogP contribution < -0.4 is 5.73 Å². The molecule has 0 radical (unpaired) electrons. The molecule has 0 saturated carbocycles. The highest BCUT2D eigenvalue weighted by Crippen LogP contribution is 2.26. The van der Waals surface area contributed by atoms with Crippen LogP contribution in [-0.4, -0.2) is 58.0 Å². The molecule has 1 aliphatic heterocycles. The summed E-state index contributed by atoms with van der Waals surface area (Å²) in [7, 11) is 0. The van der Waals surface area contributed by atoms with E-state index in [1.54, 1.807) is 9.80 Å². The van der Waals surface area contributed by atoms with Gasteiger partial charge in [-0.05, 0) is 59.7 Å². The van der Waals surface area contributed by atoms with Crippen LogP contribution in [0.15, 0.2) is 71.2 Å². The third-order valence-corrected chi connectivity index (χ3v) is 6.53. The summed E-state index contributed by atoms with van der Waals surface area (Å²) in [5, 5.41) is 7.85. The number of fused-ring (bicyclic) bond motifs is 1. The Hall–Kier alpha value is -3.65. The number of benzene rings is 3. The van der Waals surface area contributed by atoms with Crippen LogP contribution in [0.25, 0.3) is 22.0 Å². The van der Waals surface area contributed by atoms with Crippen molar-refractivity contribution in [2.24, 2.45) is 0 Å². The van der Waals surface area contributed by atoms with Gasteiger partial charge in [0.25, 0.3) is 11.8 Å². The summed E-state index contributed by atoms with van der Waals surface area (Å²) < 4.78 is 0.937. The molecule has 0 aliphatic carbocycles. The molecule has 1 fully saturated rings. The predicted molar refractivity (Wildman–Crippen MR) is 132 cm³/mol. The molecule has 1 aliphatic rings. The van der Waals surface area contributed by atoms with E-state index in [0.29, 0.717) is 43.1 Å². The Bertz CT molecular complexity index is 1320. The van der Waals surface area contributed by atoms with Crippen molar-refractivity contribution < 1.29 is 9.59 Å². The monoisotopic (exact) mass is 503 g/mol. The molecule has 0 spiro atoms. The van der Waals surface area contributed by atoms with Gasteiger partial charge in [-0.15, -0.1) is 0 Å². The van der Waals surface area contributed by atoms with Gasteiger partial charge in [0.15, 0.2) is 5.82 Å². The van der Waals surface area contributed by atoms with Crippen LogP contribution >= 0.6 is 15.9 Å².